The van der Waals surface area contributed by atoms with Gasteiger partial charge in [0.25, 0.3) is 0 Å². The van der Waals surface area contributed by atoms with E-state index in [-0.39, 0.29) is 5.78 Å². The summed E-state index contributed by atoms with van der Waals surface area (Å²) in [5.74, 6) is 1.51. The maximum atomic E-state index is 12.7. The van der Waals surface area contributed by atoms with Crippen LogP contribution in [-0.2, 0) is 11.2 Å². The second-order valence-corrected chi connectivity index (χ2v) is 7.18. The van der Waals surface area contributed by atoms with Gasteiger partial charge < -0.3 is 19.5 Å². The average Bonchev–Trinajstić information content (AvgIpc) is 2.69. The highest BCUT2D eigenvalue weighted by atomic mass is 35.5. The third kappa shape index (κ3) is 4.37. The van der Waals surface area contributed by atoms with Crippen molar-refractivity contribution in [2.75, 3.05) is 20.8 Å². The van der Waals surface area contributed by atoms with Crippen molar-refractivity contribution < 1.29 is 19.0 Å². The van der Waals surface area contributed by atoms with E-state index >= 15 is 0 Å². The summed E-state index contributed by atoms with van der Waals surface area (Å²) < 4.78 is 16.5. The molecule has 0 aromatic heterocycles. The SMILES string of the molecule is COc1cc2c(cc1OC)C(=CC(=O)C(C)Oc1ccc(Cl)cc1Cl)NCC2. The molecule has 5 nitrogen and oxygen atoms in total. The fourth-order valence-corrected chi connectivity index (χ4v) is 3.47. The molecule has 1 N–H and O–H groups in total. The van der Waals surface area contributed by atoms with E-state index in [2.05, 4.69) is 5.32 Å². The van der Waals surface area contributed by atoms with Crippen molar-refractivity contribution in [1.82, 2.24) is 5.32 Å². The fourth-order valence-electron chi connectivity index (χ4n) is 3.01. The number of hydrogen-bond donors (Lipinski definition) is 1. The molecule has 7 heteroatoms. The number of benzene rings is 2. The maximum Gasteiger partial charge on any atom is 0.197 e. The Balaban J connectivity index is 1.84. The number of halogens is 2. The molecule has 1 heterocycles. The van der Waals surface area contributed by atoms with Crippen molar-refractivity contribution in [2.45, 2.75) is 19.4 Å². The van der Waals surface area contributed by atoms with Crippen molar-refractivity contribution in [3.63, 3.8) is 0 Å². The normalized spacial score (nSPS) is 15.4. The van der Waals surface area contributed by atoms with Crippen LogP contribution in [0.15, 0.2) is 36.4 Å². The molecular formula is C21H21Cl2NO4. The zero-order valence-corrected chi connectivity index (χ0v) is 17.4. The molecule has 28 heavy (non-hydrogen) atoms. The average molecular weight is 422 g/mol. The third-order valence-electron chi connectivity index (χ3n) is 4.49. The molecule has 1 unspecified atom stereocenters. The van der Waals surface area contributed by atoms with Crippen LogP contribution >= 0.6 is 23.2 Å². The minimum absolute atomic E-state index is 0.184. The molecule has 3 rings (SSSR count). The lowest BCUT2D eigenvalue weighted by Crippen LogP contribution is -2.27. The van der Waals surface area contributed by atoms with E-state index in [1.807, 2.05) is 12.1 Å². The van der Waals surface area contributed by atoms with Crippen LogP contribution in [0.1, 0.15) is 18.1 Å². The molecule has 0 fully saturated rings. The molecule has 2 aromatic carbocycles. The first kappa shape index (κ1) is 20.4. The topological polar surface area (TPSA) is 56.8 Å². The van der Waals surface area contributed by atoms with Gasteiger partial charge in [0.1, 0.15) is 5.75 Å². The lowest BCUT2D eigenvalue weighted by Gasteiger charge is -2.23. The number of methoxy groups -OCH3 is 2. The summed E-state index contributed by atoms with van der Waals surface area (Å²) in [6.07, 6.45) is 1.67. The highest BCUT2D eigenvalue weighted by Gasteiger charge is 2.21. The molecule has 1 atom stereocenters. The van der Waals surface area contributed by atoms with Crippen LogP contribution in [0.4, 0.5) is 0 Å². The largest absolute Gasteiger partial charge is 0.493 e. The zero-order chi connectivity index (χ0) is 20.3. The molecule has 0 radical (unpaired) electrons. The van der Waals surface area contributed by atoms with E-state index in [4.69, 9.17) is 37.4 Å². The number of fused-ring (bicyclic) bond motifs is 1. The number of rotatable bonds is 6. The Bertz CT molecular complexity index is 927. The van der Waals surface area contributed by atoms with E-state index in [1.54, 1.807) is 45.4 Å². The molecule has 0 spiro atoms. The second-order valence-electron chi connectivity index (χ2n) is 6.34. The van der Waals surface area contributed by atoms with E-state index in [9.17, 15) is 4.79 Å². The molecule has 148 valence electrons. The number of carbonyl (C=O) groups is 1. The van der Waals surface area contributed by atoms with Gasteiger partial charge in [0.2, 0.25) is 0 Å². The van der Waals surface area contributed by atoms with Crippen molar-refractivity contribution in [2.24, 2.45) is 0 Å². The summed E-state index contributed by atoms with van der Waals surface area (Å²) in [6.45, 7) is 2.41. The minimum Gasteiger partial charge on any atom is -0.493 e. The number of ether oxygens (including phenoxy) is 3. The van der Waals surface area contributed by atoms with Crippen molar-refractivity contribution >= 4 is 34.7 Å². The lowest BCUT2D eigenvalue weighted by molar-refractivity contribution is -0.120. The van der Waals surface area contributed by atoms with Crippen LogP contribution in [0, 0.1) is 0 Å². The highest BCUT2D eigenvalue weighted by molar-refractivity contribution is 6.35. The van der Waals surface area contributed by atoms with Gasteiger partial charge in [0.05, 0.1) is 19.2 Å². The van der Waals surface area contributed by atoms with Crippen LogP contribution in [0.2, 0.25) is 10.0 Å². The Labute approximate surface area is 174 Å². The standard InChI is InChI=1S/C21H21Cl2NO4/c1-12(28-19-5-4-14(22)9-16(19)23)18(25)11-17-15-10-21(27-3)20(26-2)8-13(15)6-7-24-17/h4-5,8-12,24H,6-7H2,1-3H3. The predicted octanol–water partition coefficient (Wildman–Crippen LogP) is 4.53. The number of hydrogen-bond acceptors (Lipinski definition) is 5. The molecule has 1 aliphatic rings. The Kier molecular flexibility index (Phi) is 6.37. The van der Waals surface area contributed by atoms with Gasteiger partial charge in [0.15, 0.2) is 23.4 Å². The van der Waals surface area contributed by atoms with Gasteiger partial charge in [-0.3, -0.25) is 4.79 Å². The van der Waals surface area contributed by atoms with Crippen LogP contribution in [0.3, 0.4) is 0 Å². The first-order chi connectivity index (χ1) is 13.4. The second kappa shape index (κ2) is 8.76. The Morgan fingerprint density at radius 2 is 1.82 bits per heavy atom. The maximum absolute atomic E-state index is 12.7. The van der Waals surface area contributed by atoms with Gasteiger partial charge in [-0.05, 0) is 49.2 Å². The van der Waals surface area contributed by atoms with Crippen LogP contribution in [0.5, 0.6) is 17.2 Å². The van der Waals surface area contributed by atoms with Crippen LogP contribution in [0.25, 0.3) is 5.70 Å². The first-order valence-electron chi connectivity index (χ1n) is 8.79. The van der Waals surface area contributed by atoms with E-state index < -0.39 is 6.10 Å². The van der Waals surface area contributed by atoms with Gasteiger partial charge in [-0.25, -0.2) is 0 Å². The van der Waals surface area contributed by atoms with Gasteiger partial charge in [-0.15, -0.1) is 0 Å². The predicted molar refractivity (Wildman–Crippen MR) is 111 cm³/mol. The summed E-state index contributed by atoms with van der Waals surface area (Å²) in [5.41, 5.74) is 2.73. The molecule has 0 saturated carbocycles. The van der Waals surface area contributed by atoms with Gasteiger partial charge in [-0.1, -0.05) is 23.2 Å². The van der Waals surface area contributed by atoms with Crippen LogP contribution in [-0.4, -0.2) is 32.7 Å². The Hall–Kier alpha value is -2.37. The summed E-state index contributed by atoms with van der Waals surface area (Å²) >= 11 is 12.0. The zero-order valence-electron chi connectivity index (χ0n) is 15.8. The van der Waals surface area contributed by atoms with Crippen molar-refractivity contribution in [3.8, 4) is 17.2 Å². The Morgan fingerprint density at radius 3 is 2.50 bits per heavy atom. The first-order valence-corrected chi connectivity index (χ1v) is 9.55. The third-order valence-corrected chi connectivity index (χ3v) is 5.02. The van der Waals surface area contributed by atoms with E-state index in [0.29, 0.717) is 27.3 Å². The molecular weight excluding hydrogens is 401 g/mol. The lowest BCUT2D eigenvalue weighted by atomic mass is 9.96. The molecule has 0 amide bonds. The number of carbonyl (C=O) groups excluding carboxylic acids is 1. The monoisotopic (exact) mass is 421 g/mol. The highest BCUT2D eigenvalue weighted by Crippen LogP contribution is 2.35. The van der Waals surface area contributed by atoms with E-state index in [1.165, 1.54) is 0 Å². The number of nitrogens with one attached hydrogen (secondary N) is 1. The summed E-state index contributed by atoms with van der Waals surface area (Å²) in [7, 11) is 3.19. The number of ketones is 1. The van der Waals surface area contributed by atoms with Crippen LogP contribution < -0.4 is 19.5 Å². The van der Waals surface area contributed by atoms with Gasteiger partial charge in [0, 0.05) is 28.9 Å². The quantitative estimate of drug-likeness (QED) is 0.694. The molecule has 2 aromatic rings. The summed E-state index contributed by atoms with van der Waals surface area (Å²) in [5, 5.41) is 4.14. The van der Waals surface area contributed by atoms with Crippen molar-refractivity contribution in [1.29, 1.82) is 0 Å². The Morgan fingerprint density at radius 1 is 1.11 bits per heavy atom. The van der Waals surface area contributed by atoms with E-state index in [0.717, 1.165) is 29.8 Å². The smallest absolute Gasteiger partial charge is 0.197 e. The molecule has 1 aliphatic heterocycles. The van der Waals surface area contributed by atoms with Gasteiger partial charge in [-0.2, -0.15) is 0 Å². The summed E-state index contributed by atoms with van der Waals surface area (Å²) in [4.78, 5) is 12.7. The summed E-state index contributed by atoms with van der Waals surface area (Å²) in [6, 6.07) is 8.71. The van der Waals surface area contributed by atoms with Gasteiger partial charge >= 0.3 is 0 Å². The van der Waals surface area contributed by atoms with Crippen molar-refractivity contribution in [3.05, 3.63) is 57.6 Å². The minimum atomic E-state index is -0.710. The fraction of sp³-hybridized carbons (Fsp3) is 0.286. The molecule has 0 saturated heterocycles. The molecule has 0 aliphatic carbocycles. The molecule has 0 bridgehead atoms.